The van der Waals surface area contributed by atoms with Crippen LogP contribution in [0.2, 0.25) is 0 Å². The molecule has 1 aliphatic heterocycles. The second-order valence-corrected chi connectivity index (χ2v) is 7.05. The van der Waals surface area contributed by atoms with E-state index in [0.717, 1.165) is 33.8 Å². The summed E-state index contributed by atoms with van der Waals surface area (Å²) >= 11 is 0. The van der Waals surface area contributed by atoms with Crippen LogP contribution < -0.4 is 16.1 Å². The number of imidazole rings is 1. The Morgan fingerprint density at radius 2 is 2.00 bits per heavy atom. The van der Waals surface area contributed by atoms with E-state index in [-0.39, 0.29) is 6.04 Å². The first kappa shape index (κ1) is 18.7. The number of nitrogens with zero attached hydrogens (tertiary/aromatic N) is 3. The number of rotatable bonds is 5. The first-order valence-corrected chi connectivity index (χ1v) is 9.34. The number of hydroxylamine groups is 1. The van der Waals surface area contributed by atoms with Gasteiger partial charge in [-0.2, -0.15) is 0 Å². The van der Waals surface area contributed by atoms with Crippen LogP contribution in [0.15, 0.2) is 53.7 Å². The fraction of sp³-hybridized carbons (Fsp3) is 0.190. The van der Waals surface area contributed by atoms with Crippen LogP contribution in [-0.2, 0) is 0 Å². The molecule has 0 radical (unpaired) electrons. The maximum Gasteiger partial charge on any atom is 0.274 e. The number of nitrogens with one attached hydrogen (secondary N) is 3. The molecule has 4 N–H and O–H groups in total. The van der Waals surface area contributed by atoms with E-state index in [1.165, 1.54) is 0 Å². The summed E-state index contributed by atoms with van der Waals surface area (Å²) in [4.78, 5) is 20.6. The maximum absolute atomic E-state index is 11.5. The minimum atomic E-state index is -0.547. The number of hydrogen-bond donors (Lipinski definition) is 4. The first-order valence-electron chi connectivity index (χ1n) is 9.34. The Balaban J connectivity index is 1.68. The van der Waals surface area contributed by atoms with Gasteiger partial charge in [0.25, 0.3) is 5.91 Å². The zero-order valence-corrected chi connectivity index (χ0v) is 16.2. The zero-order valence-electron chi connectivity index (χ0n) is 16.2. The van der Waals surface area contributed by atoms with Gasteiger partial charge in [-0.1, -0.05) is 6.07 Å². The Morgan fingerprint density at radius 1 is 1.21 bits per heavy atom. The van der Waals surface area contributed by atoms with Crippen LogP contribution in [0.1, 0.15) is 35.8 Å². The highest BCUT2D eigenvalue weighted by atomic mass is 16.5. The summed E-state index contributed by atoms with van der Waals surface area (Å²) in [6, 6.07) is 13.3. The number of aliphatic imine (C=N–C) groups is 1. The summed E-state index contributed by atoms with van der Waals surface area (Å²) in [5.74, 6) is 0.176. The molecule has 4 rings (SSSR count). The largest absolute Gasteiger partial charge is 0.353 e. The second-order valence-electron chi connectivity index (χ2n) is 7.05. The number of carbonyl (C=O) groups excluding carboxylic acids is 1. The Labute approximate surface area is 167 Å². The van der Waals surface area contributed by atoms with Gasteiger partial charge in [-0.15, -0.1) is 0 Å². The molecule has 0 spiro atoms. The van der Waals surface area contributed by atoms with Crippen molar-refractivity contribution < 1.29 is 10.0 Å². The molecule has 0 bridgehead atoms. The van der Waals surface area contributed by atoms with E-state index in [2.05, 4.69) is 52.2 Å². The van der Waals surface area contributed by atoms with Crippen molar-refractivity contribution in [3.63, 3.8) is 0 Å². The minimum Gasteiger partial charge on any atom is -0.353 e. The lowest BCUT2D eigenvalue weighted by molar-refractivity contribution is 0.0706. The van der Waals surface area contributed by atoms with Gasteiger partial charge < -0.3 is 15.2 Å². The van der Waals surface area contributed by atoms with Crippen molar-refractivity contribution in [2.75, 3.05) is 11.9 Å². The molecule has 8 heteroatoms. The molecule has 1 aromatic heterocycles. The van der Waals surface area contributed by atoms with Crippen LogP contribution in [0.3, 0.4) is 0 Å². The van der Waals surface area contributed by atoms with E-state index in [1.807, 2.05) is 6.20 Å². The fourth-order valence-electron chi connectivity index (χ4n) is 3.36. The number of hydrogen-bond acceptors (Lipinski definition) is 6. The van der Waals surface area contributed by atoms with E-state index >= 15 is 0 Å². The fourth-order valence-corrected chi connectivity index (χ4v) is 3.36. The van der Waals surface area contributed by atoms with Crippen molar-refractivity contribution in [1.82, 2.24) is 20.3 Å². The third kappa shape index (κ3) is 3.70. The molecular weight excluding hydrogens is 368 g/mol. The Bertz CT molecular complexity index is 1110. The standard InChI is InChI=1S/C21H22N6O2/c1-13(2)27-19-8-5-15(16-10-22-12-23-11-16)9-18(19)25-21(27)24-17-6-3-14(4-7-17)20(28)26-29/h3-10,12-13,29H,11H2,1-2H3,(H,22,23)(H,24,25)(H,26,28). The predicted octanol–water partition coefficient (Wildman–Crippen LogP) is 3.45. The van der Waals surface area contributed by atoms with E-state index < -0.39 is 5.91 Å². The van der Waals surface area contributed by atoms with Crippen molar-refractivity contribution in [2.45, 2.75) is 19.9 Å². The molecule has 0 fully saturated rings. The molecule has 0 saturated carbocycles. The van der Waals surface area contributed by atoms with E-state index in [4.69, 9.17) is 10.2 Å². The van der Waals surface area contributed by atoms with Gasteiger partial charge in [0.15, 0.2) is 0 Å². The van der Waals surface area contributed by atoms with Gasteiger partial charge in [0.05, 0.1) is 23.9 Å². The molecule has 2 heterocycles. The van der Waals surface area contributed by atoms with Crippen LogP contribution in [0.4, 0.5) is 11.6 Å². The molecule has 29 heavy (non-hydrogen) atoms. The highest BCUT2D eigenvalue weighted by molar-refractivity contribution is 5.93. The smallest absolute Gasteiger partial charge is 0.274 e. The van der Waals surface area contributed by atoms with Gasteiger partial charge in [0.1, 0.15) is 0 Å². The van der Waals surface area contributed by atoms with Crippen LogP contribution in [0, 0.1) is 0 Å². The highest BCUT2D eigenvalue weighted by Gasteiger charge is 2.15. The molecule has 0 aliphatic carbocycles. The number of aromatic nitrogens is 2. The Hall–Kier alpha value is -3.65. The maximum atomic E-state index is 11.5. The van der Waals surface area contributed by atoms with Crippen LogP contribution >= 0.6 is 0 Å². The van der Waals surface area contributed by atoms with Gasteiger partial charge >= 0.3 is 0 Å². The van der Waals surface area contributed by atoms with Crippen molar-refractivity contribution in [1.29, 1.82) is 0 Å². The number of amides is 1. The monoisotopic (exact) mass is 390 g/mol. The van der Waals surface area contributed by atoms with Crippen molar-refractivity contribution in [2.24, 2.45) is 4.99 Å². The molecule has 0 unspecified atom stereocenters. The second kappa shape index (κ2) is 7.76. The Kier molecular flexibility index (Phi) is 5.01. The minimum absolute atomic E-state index is 0.202. The van der Waals surface area contributed by atoms with Crippen LogP contribution in [0.5, 0.6) is 0 Å². The summed E-state index contributed by atoms with van der Waals surface area (Å²) in [5.41, 5.74) is 6.93. The lowest BCUT2D eigenvalue weighted by Gasteiger charge is -2.14. The molecule has 0 atom stereocenters. The average molecular weight is 390 g/mol. The third-order valence-corrected chi connectivity index (χ3v) is 4.77. The number of benzene rings is 2. The summed E-state index contributed by atoms with van der Waals surface area (Å²) in [6.45, 7) is 4.86. The highest BCUT2D eigenvalue weighted by Crippen LogP contribution is 2.29. The SMILES string of the molecule is CC(C)n1c(Nc2ccc(C(=O)NO)cc2)nc2cc(C3=CNC=NC3)ccc21. The molecular formula is C21H22N6O2. The Morgan fingerprint density at radius 3 is 2.66 bits per heavy atom. The molecule has 1 aliphatic rings. The quantitative estimate of drug-likeness (QED) is 0.395. The molecule has 2 aromatic carbocycles. The summed E-state index contributed by atoms with van der Waals surface area (Å²) in [6.07, 6.45) is 3.64. The van der Waals surface area contributed by atoms with Crippen LogP contribution in [-0.4, -0.2) is 33.5 Å². The van der Waals surface area contributed by atoms with Crippen molar-refractivity contribution in [3.05, 3.63) is 59.8 Å². The van der Waals surface area contributed by atoms with Gasteiger partial charge in [0.2, 0.25) is 5.95 Å². The number of fused-ring (bicyclic) bond motifs is 1. The van der Waals surface area contributed by atoms with Gasteiger partial charge in [0, 0.05) is 23.5 Å². The normalized spacial score (nSPS) is 13.3. The zero-order chi connectivity index (χ0) is 20.4. The molecule has 0 saturated heterocycles. The lowest BCUT2D eigenvalue weighted by atomic mass is 10.1. The molecule has 148 valence electrons. The topological polar surface area (TPSA) is 104 Å². The first-order chi connectivity index (χ1) is 14.1. The molecule has 3 aromatic rings. The van der Waals surface area contributed by atoms with Gasteiger partial charge in [-0.25, -0.2) is 10.5 Å². The van der Waals surface area contributed by atoms with E-state index in [0.29, 0.717) is 12.1 Å². The molecule has 8 nitrogen and oxygen atoms in total. The van der Waals surface area contributed by atoms with Crippen molar-refractivity contribution in [3.8, 4) is 0 Å². The lowest BCUT2D eigenvalue weighted by Crippen LogP contribution is -2.18. The number of anilines is 2. The van der Waals surface area contributed by atoms with Crippen LogP contribution in [0.25, 0.3) is 16.6 Å². The molecule has 1 amide bonds. The predicted molar refractivity (Wildman–Crippen MR) is 114 cm³/mol. The average Bonchev–Trinajstić information content (AvgIpc) is 3.11. The van der Waals surface area contributed by atoms with E-state index in [9.17, 15) is 4.79 Å². The summed E-state index contributed by atoms with van der Waals surface area (Å²) in [5, 5.41) is 15.1. The summed E-state index contributed by atoms with van der Waals surface area (Å²) < 4.78 is 2.14. The van der Waals surface area contributed by atoms with E-state index in [1.54, 1.807) is 36.1 Å². The third-order valence-electron chi connectivity index (χ3n) is 4.77. The van der Waals surface area contributed by atoms with Crippen molar-refractivity contribution >= 4 is 40.5 Å². The number of carbonyl (C=O) groups is 1. The summed E-state index contributed by atoms with van der Waals surface area (Å²) in [7, 11) is 0. The van der Waals surface area contributed by atoms with Gasteiger partial charge in [-0.3, -0.25) is 15.0 Å². The van der Waals surface area contributed by atoms with Gasteiger partial charge in [-0.05, 0) is 61.4 Å².